The van der Waals surface area contributed by atoms with E-state index in [2.05, 4.69) is 80.5 Å². The highest BCUT2D eigenvalue weighted by Gasteiger charge is 2.22. The van der Waals surface area contributed by atoms with Gasteiger partial charge in [-0.15, -0.1) is 0 Å². The molecule has 142 valence electrons. The first-order valence-corrected chi connectivity index (χ1v) is 11.1. The number of nitrogens with zero attached hydrogens (tertiary/aromatic N) is 2. The van der Waals surface area contributed by atoms with Crippen LogP contribution in [0.1, 0.15) is 30.0 Å². The van der Waals surface area contributed by atoms with Gasteiger partial charge in [0.05, 0.1) is 5.69 Å². The molecule has 5 rings (SSSR count). The van der Waals surface area contributed by atoms with Gasteiger partial charge in [0.1, 0.15) is 0 Å². The van der Waals surface area contributed by atoms with E-state index in [0.717, 1.165) is 18.7 Å². The molecule has 1 N–H and O–H groups in total. The average molecular weight is 388 g/mol. The lowest BCUT2D eigenvalue weighted by atomic mass is 9.93. The topological polar surface area (TPSA) is 31.9 Å². The predicted octanol–water partition coefficient (Wildman–Crippen LogP) is 5.71. The van der Waals surface area contributed by atoms with Crippen LogP contribution in [0.5, 0.6) is 0 Å². The molecule has 0 unspecified atom stereocenters. The van der Waals surface area contributed by atoms with E-state index in [-0.39, 0.29) is 0 Å². The van der Waals surface area contributed by atoms with Crippen LogP contribution in [0.2, 0.25) is 0 Å². The summed E-state index contributed by atoms with van der Waals surface area (Å²) >= 11 is 1.72. The Labute approximate surface area is 170 Å². The normalized spacial score (nSPS) is 16.0. The number of likely N-dealkylation sites (tertiary alicyclic amines) is 1. The first kappa shape index (κ1) is 17.7. The molecule has 4 aromatic rings. The number of aromatic nitrogens is 2. The van der Waals surface area contributed by atoms with E-state index < -0.39 is 0 Å². The maximum absolute atomic E-state index is 4.53. The van der Waals surface area contributed by atoms with Gasteiger partial charge in [-0.2, -0.15) is 16.4 Å². The van der Waals surface area contributed by atoms with Crippen molar-refractivity contribution in [2.24, 2.45) is 0 Å². The van der Waals surface area contributed by atoms with Crippen molar-refractivity contribution in [1.29, 1.82) is 0 Å². The van der Waals surface area contributed by atoms with Gasteiger partial charge in [-0.1, -0.05) is 42.5 Å². The summed E-state index contributed by atoms with van der Waals surface area (Å²) in [5, 5.41) is 14.8. The fourth-order valence-corrected chi connectivity index (χ4v) is 5.01. The average Bonchev–Trinajstić information content (AvgIpc) is 3.44. The Bertz CT molecular complexity index is 1040. The third kappa shape index (κ3) is 3.62. The molecule has 28 heavy (non-hydrogen) atoms. The largest absolute Gasteiger partial charge is 0.303 e. The van der Waals surface area contributed by atoms with Crippen molar-refractivity contribution in [2.75, 3.05) is 19.6 Å². The number of H-pyrrole nitrogens is 1. The van der Waals surface area contributed by atoms with Crippen LogP contribution >= 0.6 is 11.3 Å². The molecule has 1 saturated heterocycles. The van der Waals surface area contributed by atoms with Crippen LogP contribution in [-0.2, 0) is 6.42 Å². The third-order valence-electron chi connectivity index (χ3n) is 6.02. The van der Waals surface area contributed by atoms with E-state index in [0.29, 0.717) is 5.92 Å². The van der Waals surface area contributed by atoms with Crippen LogP contribution in [0.4, 0.5) is 0 Å². The van der Waals surface area contributed by atoms with Crippen molar-refractivity contribution >= 4 is 22.1 Å². The first-order valence-electron chi connectivity index (χ1n) is 10.1. The second-order valence-corrected chi connectivity index (χ2v) is 8.50. The van der Waals surface area contributed by atoms with Crippen LogP contribution < -0.4 is 0 Å². The molecular formula is C24H25N3S. The number of benzene rings is 2. The minimum Gasteiger partial charge on any atom is -0.303 e. The molecule has 0 atom stereocenters. The lowest BCUT2D eigenvalue weighted by Gasteiger charge is -2.31. The van der Waals surface area contributed by atoms with Crippen molar-refractivity contribution in [1.82, 2.24) is 15.1 Å². The maximum Gasteiger partial charge on any atom is 0.0931 e. The van der Waals surface area contributed by atoms with Crippen LogP contribution in [0, 0.1) is 0 Å². The zero-order valence-electron chi connectivity index (χ0n) is 16.0. The quantitative estimate of drug-likeness (QED) is 0.475. The van der Waals surface area contributed by atoms with Crippen LogP contribution in [0.15, 0.2) is 65.4 Å². The van der Waals surface area contributed by atoms with E-state index in [1.165, 1.54) is 53.5 Å². The number of hydrogen-bond acceptors (Lipinski definition) is 3. The smallest absolute Gasteiger partial charge is 0.0931 e. The fraction of sp³-hybridized carbons (Fsp3) is 0.292. The van der Waals surface area contributed by atoms with Crippen LogP contribution in [-0.4, -0.2) is 34.7 Å². The van der Waals surface area contributed by atoms with Gasteiger partial charge >= 0.3 is 0 Å². The Morgan fingerprint density at radius 3 is 2.75 bits per heavy atom. The zero-order valence-corrected chi connectivity index (χ0v) is 16.8. The number of rotatable bonds is 5. The molecule has 3 nitrogen and oxygen atoms in total. The predicted molar refractivity (Wildman–Crippen MR) is 118 cm³/mol. The van der Waals surface area contributed by atoms with Gasteiger partial charge in [0.2, 0.25) is 0 Å². The summed E-state index contributed by atoms with van der Waals surface area (Å²) in [6, 6.07) is 19.8. The summed E-state index contributed by atoms with van der Waals surface area (Å²) in [7, 11) is 0. The summed E-state index contributed by atoms with van der Waals surface area (Å²) in [5.74, 6) is 0.605. The molecule has 2 aromatic heterocycles. The summed E-state index contributed by atoms with van der Waals surface area (Å²) in [6.45, 7) is 3.48. The van der Waals surface area contributed by atoms with E-state index in [4.69, 9.17) is 0 Å². The lowest BCUT2D eigenvalue weighted by Crippen LogP contribution is -2.34. The molecular weight excluding hydrogens is 362 g/mol. The molecule has 2 aromatic carbocycles. The monoisotopic (exact) mass is 387 g/mol. The highest BCUT2D eigenvalue weighted by Crippen LogP contribution is 2.30. The summed E-state index contributed by atoms with van der Waals surface area (Å²) in [5.41, 5.74) is 5.07. The van der Waals surface area contributed by atoms with Crippen LogP contribution in [0.3, 0.4) is 0 Å². The molecule has 3 heterocycles. The number of fused-ring (bicyclic) bond motifs is 1. The molecule has 0 saturated carbocycles. The Morgan fingerprint density at radius 1 is 1.04 bits per heavy atom. The van der Waals surface area contributed by atoms with Gasteiger partial charge in [0, 0.05) is 29.1 Å². The minimum absolute atomic E-state index is 0.605. The molecule has 1 fully saturated rings. The van der Waals surface area contributed by atoms with E-state index in [9.17, 15) is 0 Å². The van der Waals surface area contributed by atoms with Crippen molar-refractivity contribution in [3.05, 3.63) is 76.6 Å². The first-order chi connectivity index (χ1) is 13.9. The Kier molecular flexibility index (Phi) is 4.98. The van der Waals surface area contributed by atoms with Gasteiger partial charge in [0.25, 0.3) is 0 Å². The zero-order chi connectivity index (χ0) is 18.8. The second-order valence-electron chi connectivity index (χ2n) is 7.72. The third-order valence-corrected chi connectivity index (χ3v) is 6.70. The standard InChI is InChI=1S/C24H25N3S/c1-2-7-22-18(4-1)5-3-6-19(22)8-12-27-13-9-20(10-14-27)23-16-24(26-25-23)21-11-15-28-17-21/h1-7,11,15-17,20H,8-10,12-14H2,(H,25,26). The molecule has 0 radical (unpaired) electrons. The minimum atomic E-state index is 0.605. The van der Waals surface area contributed by atoms with Gasteiger partial charge in [-0.3, -0.25) is 5.10 Å². The maximum atomic E-state index is 4.53. The number of piperidine rings is 1. The Morgan fingerprint density at radius 2 is 1.89 bits per heavy atom. The van der Waals surface area contributed by atoms with Gasteiger partial charge in [-0.25, -0.2) is 0 Å². The molecule has 0 spiro atoms. The highest BCUT2D eigenvalue weighted by molar-refractivity contribution is 7.08. The van der Waals surface area contributed by atoms with Crippen molar-refractivity contribution in [3.8, 4) is 11.3 Å². The fourth-order valence-electron chi connectivity index (χ4n) is 4.36. The SMILES string of the molecule is c1ccc2c(CCN3CCC(c4cc(-c5ccsc5)n[nH]4)CC3)cccc2c1. The van der Waals surface area contributed by atoms with Gasteiger partial charge in [-0.05, 0) is 66.2 Å². The second kappa shape index (κ2) is 7.90. The van der Waals surface area contributed by atoms with Crippen molar-refractivity contribution in [2.45, 2.75) is 25.2 Å². The van der Waals surface area contributed by atoms with E-state index >= 15 is 0 Å². The molecule has 1 aliphatic rings. The number of nitrogens with one attached hydrogen (secondary N) is 1. The summed E-state index contributed by atoms with van der Waals surface area (Å²) in [6.07, 6.45) is 3.54. The highest BCUT2D eigenvalue weighted by atomic mass is 32.1. The Balaban J connectivity index is 1.18. The number of hydrogen-bond donors (Lipinski definition) is 1. The molecule has 0 aliphatic carbocycles. The van der Waals surface area contributed by atoms with Gasteiger partial charge < -0.3 is 4.90 Å². The van der Waals surface area contributed by atoms with Gasteiger partial charge in [0.15, 0.2) is 0 Å². The van der Waals surface area contributed by atoms with E-state index in [1.54, 1.807) is 11.3 Å². The molecule has 1 aliphatic heterocycles. The molecule has 0 bridgehead atoms. The molecule has 4 heteroatoms. The molecule has 0 amide bonds. The Hall–Kier alpha value is -2.43. The van der Waals surface area contributed by atoms with Crippen LogP contribution in [0.25, 0.3) is 22.0 Å². The summed E-state index contributed by atoms with van der Waals surface area (Å²) < 4.78 is 0. The number of thiophene rings is 1. The summed E-state index contributed by atoms with van der Waals surface area (Å²) in [4.78, 5) is 2.62. The number of aromatic amines is 1. The van der Waals surface area contributed by atoms with E-state index in [1.807, 2.05) is 0 Å². The lowest BCUT2D eigenvalue weighted by molar-refractivity contribution is 0.213. The van der Waals surface area contributed by atoms with Crippen molar-refractivity contribution < 1.29 is 0 Å². The van der Waals surface area contributed by atoms with Crippen molar-refractivity contribution in [3.63, 3.8) is 0 Å².